The van der Waals surface area contributed by atoms with Crippen molar-refractivity contribution in [3.05, 3.63) is 63.6 Å². The van der Waals surface area contributed by atoms with Crippen LogP contribution < -0.4 is 9.62 Å². The fourth-order valence-corrected chi connectivity index (χ4v) is 4.98. The lowest BCUT2D eigenvalue weighted by Gasteiger charge is -2.33. The molecule has 186 valence electrons. The van der Waals surface area contributed by atoms with Gasteiger partial charge in [0.2, 0.25) is 21.8 Å². The third kappa shape index (κ3) is 7.99. The molecule has 0 spiro atoms. The highest BCUT2D eigenvalue weighted by Crippen LogP contribution is 2.28. The molecule has 2 aromatic rings. The number of carbonyl (C=O) groups is 2. The van der Waals surface area contributed by atoms with E-state index in [4.69, 9.17) is 11.6 Å². The van der Waals surface area contributed by atoms with Crippen molar-refractivity contribution in [1.29, 1.82) is 0 Å². The van der Waals surface area contributed by atoms with E-state index in [1.165, 1.54) is 4.90 Å². The minimum absolute atomic E-state index is 0.136. The first-order valence-electron chi connectivity index (χ1n) is 11.0. The number of benzene rings is 2. The summed E-state index contributed by atoms with van der Waals surface area (Å²) in [5, 5.41) is 3.45. The summed E-state index contributed by atoms with van der Waals surface area (Å²) >= 11 is 9.37. The maximum absolute atomic E-state index is 13.6. The number of hydrogen-bond donors (Lipinski definition) is 1. The first kappa shape index (κ1) is 28.1. The van der Waals surface area contributed by atoms with Gasteiger partial charge < -0.3 is 10.2 Å². The van der Waals surface area contributed by atoms with E-state index in [1.54, 1.807) is 48.5 Å². The van der Waals surface area contributed by atoms with Gasteiger partial charge in [-0.3, -0.25) is 13.9 Å². The van der Waals surface area contributed by atoms with Crippen LogP contribution in [0.3, 0.4) is 0 Å². The lowest BCUT2D eigenvalue weighted by atomic mass is 10.1. The number of amides is 2. The van der Waals surface area contributed by atoms with Crippen LogP contribution in [-0.4, -0.2) is 50.5 Å². The first-order valence-corrected chi connectivity index (χ1v) is 14.0. The van der Waals surface area contributed by atoms with Crippen molar-refractivity contribution < 1.29 is 18.0 Å². The Balaban J connectivity index is 2.42. The molecule has 7 nitrogen and oxygen atoms in total. The summed E-state index contributed by atoms with van der Waals surface area (Å²) in [6, 6.07) is 13.0. The summed E-state index contributed by atoms with van der Waals surface area (Å²) in [7, 11) is -3.78. The molecular formula is C24H31BrClN3O4S. The fraction of sp³-hybridized carbons (Fsp3) is 0.417. The van der Waals surface area contributed by atoms with Gasteiger partial charge in [0.25, 0.3) is 0 Å². The molecule has 2 aromatic carbocycles. The lowest BCUT2D eigenvalue weighted by Crippen LogP contribution is -2.52. The van der Waals surface area contributed by atoms with Gasteiger partial charge in [0.1, 0.15) is 12.6 Å². The van der Waals surface area contributed by atoms with Crippen molar-refractivity contribution in [1.82, 2.24) is 10.2 Å². The Morgan fingerprint density at radius 1 is 1.09 bits per heavy atom. The molecule has 34 heavy (non-hydrogen) atoms. The number of nitrogens with zero attached hydrogens (tertiary/aromatic N) is 2. The van der Waals surface area contributed by atoms with Crippen molar-refractivity contribution in [2.75, 3.05) is 23.7 Å². The van der Waals surface area contributed by atoms with Gasteiger partial charge in [0.15, 0.2) is 0 Å². The van der Waals surface area contributed by atoms with Gasteiger partial charge in [-0.2, -0.15) is 0 Å². The number of anilines is 1. The summed E-state index contributed by atoms with van der Waals surface area (Å²) in [6.45, 7) is 5.97. The monoisotopic (exact) mass is 571 g/mol. The molecule has 0 aliphatic rings. The Bertz CT molecular complexity index is 1090. The van der Waals surface area contributed by atoms with Crippen LogP contribution in [0.25, 0.3) is 0 Å². The molecule has 10 heteroatoms. The average molecular weight is 573 g/mol. The highest BCUT2D eigenvalue weighted by Gasteiger charge is 2.32. The fourth-order valence-electron chi connectivity index (χ4n) is 3.38. The molecule has 0 aromatic heterocycles. The smallest absolute Gasteiger partial charge is 0.244 e. The largest absolute Gasteiger partial charge is 0.354 e. The van der Waals surface area contributed by atoms with Crippen molar-refractivity contribution >= 4 is 55.1 Å². The third-order valence-electron chi connectivity index (χ3n) is 5.14. The number of halogens is 2. The van der Waals surface area contributed by atoms with Gasteiger partial charge in [0, 0.05) is 22.6 Å². The molecule has 0 bridgehead atoms. The minimum Gasteiger partial charge on any atom is -0.354 e. The van der Waals surface area contributed by atoms with Gasteiger partial charge in [-0.15, -0.1) is 0 Å². The molecule has 0 aliphatic carbocycles. The van der Waals surface area contributed by atoms with Gasteiger partial charge in [-0.1, -0.05) is 56.6 Å². The second-order valence-corrected chi connectivity index (χ2v) is 11.6. The Labute approximate surface area is 215 Å². The minimum atomic E-state index is -3.78. The van der Waals surface area contributed by atoms with Crippen molar-refractivity contribution in [3.8, 4) is 0 Å². The molecule has 0 aliphatic heterocycles. The van der Waals surface area contributed by atoms with Gasteiger partial charge in [0.05, 0.1) is 11.9 Å². The van der Waals surface area contributed by atoms with Crippen LogP contribution in [0.5, 0.6) is 0 Å². The zero-order chi connectivity index (χ0) is 25.5. The lowest BCUT2D eigenvalue weighted by molar-refractivity contribution is -0.140. The highest BCUT2D eigenvalue weighted by molar-refractivity contribution is 9.10. The number of rotatable bonds is 11. The molecule has 1 atom stereocenters. The number of carbonyl (C=O) groups excluding carboxylic acids is 2. The van der Waals surface area contributed by atoms with Gasteiger partial charge >= 0.3 is 0 Å². The second-order valence-electron chi connectivity index (χ2n) is 8.43. The maximum Gasteiger partial charge on any atom is 0.244 e. The van der Waals surface area contributed by atoms with Crippen molar-refractivity contribution in [2.45, 2.75) is 39.8 Å². The van der Waals surface area contributed by atoms with Crippen LogP contribution >= 0.6 is 27.5 Å². The number of nitrogens with one attached hydrogen (secondary N) is 1. The molecule has 0 heterocycles. The van der Waals surface area contributed by atoms with E-state index >= 15 is 0 Å². The van der Waals surface area contributed by atoms with Crippen LogP contribution in [0.2, 0.25) is 5.02 Å². The third-order valence-corrected chi connectivity index (χ3v) is 7.19. The molecule has 0 fully saturated rings. The van der Waals surface area contributed by atoms with Gasteiger partial charge in [-0.25, -0.2) is 8.42 Å². The Morgan fingerprint density at radius 2 is 1.71 bits per heavy atom. The Hall–Kier alpha value is -2.10. The van der Waals surface area contributed by atoms with Crippen molar-refractivity contribution in [3.63, 3.8) is 0 Å². The summed E-state index contributed by atoms with van der Waals surface area (Å²) in [4.78, 5) is 28.0. The molecule has 2 amide bonds. The van der Waals surface area contributed by atoms with Crippen LogP contribution in [0.4, 0.5) is 5.69 Å². The van der Waals surface area contributed by atoms with E-state index in [0.717, 1.165) is 16.1 Å². The number of sulfonamides is 1. The normalized spacial score (nSPS) is 12.3. The maximum atomic E-state index is 13.6. The molecule has 0 radical (unpaired) electrons. The molecule has 0 saturated heterocycles. The molecule has 2 rings (SSSR count). The SMILES string of the molecule is CC[C@H](C(=O)NCC(C)C)N(Cc1ccc(Cl)cc1)C(=O)CN(c1ccccc1Br)S(C)(=O)=O. The summed E-state index contributed by atoms with van der Waals surface area (Å²) in [5.41, 5.74) is 1.13. The topological polar surface area (TPSA) is 86.8 Å². The summed E-state index contributed by atoms with van der Waals surface area (Å²) in [6.07, 6.45) is 1.42. The molecular weight excluding hydrogens is 542 g/mol. The van der Waals surface area contributed by atoms with Crippen LogP contribution in [0.1, 0.15) is 32.8 Å². The average Bonchev–Trinajstić information content (AvgIpc) is 2.77. The quantitative estimate of drug-likeness (QED) is 0.431. The van der Waals surface area contributed by atoms with E-state index in [9.17, 15) is 18.0 Å². The standard InChI is InChI=1S/C24H31BrClN3O4S/c1-5-21(24(31)27-14-17(2)3)28(15-18-10-12-19(26)13-11-18)23(30)16-29(34(4,32)33)22-9-7-6-8-20(22)25/h6-13,17,21H,5,14-16H2,1-4H3,(H,27,31)/t21-/m1/s1. The van der Waals surface area contributed by atoms with Crippen molar-refractivity contribution in [2.24, 2.45) is 5.92 Å². The first-order chi connectivity index (χ1) is 15.9. The zero-order valence-electron chi connectivity index (χ0n) is 19.8. The van der Waals surface area contributed by atoms with Crippen LogP contribution in [0.15, 0.2) is 53.0 Å². The van der Waals surface area contributed by atoms with Crippen LogP contribution in [-0.2, 0) is 26.2 Å². The van der Waals surface area contributed by atoms with E-state index in [1.807, 2.05) is 20.8 Å². The molecule has 0 saturated carbocycles. The number of hydrogen-bond acceptors (Lipinski definition) is 4. The van der Waals surface area contributed by atoms with Gasteiger partial charge in [-0.05, 0) is 58.1 Å². The second kappa shape index (κ2) is 12.6. The predicted molar refractivity (Wildman–Crippen MR) is 140 cm³/mol. The highest BCUT2D eigenvalue weighted by atomic mass is 79.9. The van der Waals surface area contributed by atoms with E-state index in [-0.39, 0.29) is 18.4 Å². The summed E-state index contributed by atoms with van der Waals surface area (Å²) in [5.74, 6) is -0.508. The predicted octanol–water partition coefficient (Wildman–Crippen LogP) is 4.45. The molecule has 1 N–H and O–H groups in total. The number of para-hydroxylation sites is 1. The summed E-state index contributed by atoms with van der Waals surface area (Å²) < 4.78 is 26.8. The van der Waals surface area contributed by atoms with E-state index in [2.05, 4.69) is 21.2 Å². The van der Waals surface area contributed by atoms with E-state index < -0.39 is 28.5 Å². The van der Waals surface area contributed by atoms with Crippen LogP contribution in [0, 0.1) is 5.92 Å². The zero-order valence-corrected chi connectivity index (χ0v) is 23.0. The molecule has 0 unspecified atom stereocenters. The Morgan fingerprint density at radius 3 is 2.24 bits per heavy atom. The van der Waals surface area contributed by atoms with E-state index in [0.29, 0.717) is 28.1 Å². The Kier molecular flexibility index (Phi) is 10.4.